The van der Waals surface area contributed by atoms with Gasteiger partial charge in [0.05, 0.1) is 0 Å². The van der Waals surface area contributed by atoms with Crippen molar-refractivity contribution in [3.8, 4) is 5.75 Å². The summed E-state index contributed by atoms with van der Waals surface area (Å²) in [5.74, 6) is 1.72. The monoisotopic (exact) mass is 289 g/mol. The maximum Gasteiger partial charge on any atom is 0.123 e. The van der Waals surface area contributed by atoms with Gasteiger partial charge in [-0.3, -0.25) is 0 Å². The molecule has 0 aromatic heterocycles. The summed E-state index contributed by atoms with van der Waals surface area (Å²) in [5.41, 5.74) is 3.01. The minimum atomic E-state index is 0.302. The van der Waals surface area contributed by atoms with Crippen LogP contribution in [0, 0.1) is 18.3 Å². The van der Waals surface area contributed by atoms with Gasteiger partial charge >= 0.3 is 0 Å². The molecule has 2 nitrogen and oxygen atoms in total. The normalized spacial score (nSPS) is 19.5. The van der Waals surface area contributed by atoms with Gasteiger partial charge < -0.3 is 10.1 Å². The van der Waals surface area contributed by atoms with Crippen molar-refractivity contribution < 1.29 is 4.74 Å². The quantitative estimate of drug-likeness (QED) is 0.870. The highest BCUT2D eigenvalue weighted by Gasteiger charge is 2.31. The second kappa shape index (κ2) is 6.39. The van der Waals surface area contributed by atoms with E-state index in [4.69, 9.17) is 4.74 Å². The zero-order valence-corrected chi connectivity index (χ0v) is 14.5. The molecule has 0 spiro atoms. The van der Waals surface area contributed by atoms with E-state index < -0.39 is 0 Å². The Hall–Kier alpha value is -1.02. The topological polar surface area (TPSA) is 21.3 Å². The number of hydrogen-bond acceptors (Lipinski definition) is 2. The van der Waals surface area contributed by atoms with Crippen molar-refractivity contribution in [1.29, 1.82) is 0 Å². The van der Waals surface area contributed by atoms with Gasteiger partial charge in [-0.25, -0.2) is 0 Å². The third kappa shape index (κ3) is 4.47. The van der Waals surface area contributed by atoms with E-state index in [1.165, 1.54) is 11.1 Å². The van der Waals surface area contributed by atoms with Crippen LogP contribution in [0.2, 0.25) is 0 Å². The van der Waals surface area contributed by atoms with Crippen LogP contribution >= 0.6 is 0 Å². The van der Waals surface area contributed by atoms with Crippen LogP contribution in [0.4, 0.5) is 0 Å². The molecule has 1 aliphatic heterocycles. The highest BCUT2D eigenvalue weighted by molar-refractivity contribution is 5.40. The molecule has 2 rings (SSSR count). The van der Waals surface area contributed by atoms with E-state index in [0.29, 0.717) is 23.5 Å². The molecule has 0 aliphatic carbocycles. The predicted octanol–water partition coefficient (Wildman–Crippen LogP) is 4.35. The molecule has 21 heavy (non-hydrogen) atoms. The first-order valence-corrected chi connectivity index (χ1v) is 8.25. The molecule has 2 unspecified atom stereocenters. The van der Waals surface area contributed by atoms with E-state index in [1.807, 2.05) is 0 Å². The molecular formula is C19H31NO. The fourth-order valence-electron chi connectivity index (χ4n) is 3.02. The van der Waals surface area contributed by atoms with Crippen molar-refractivity contribution in [3.63, 3.8) is 0 Å². The summed E-state index contributed by atoms with van der Waals surface area (Å²) in [5, 5.41) is 3.60. The summed E-state index contributed by atoms with van der Waals surface area (Å²) < 4.78 is 6.17. The molecule has 1 N–H and O–H groups in total. The van der Waals surface area contributed by atoms with Crippen molar-refractivity contribution in [2.75, 3.05) is 6.54 Å². The van der Waals surface area contributed by atoms with Gasteiger partial charge in [-0.05, 0) is 42.9 Å². The molecule has 0 bridgehead atoms. The molecule has 0 saturated carbocycles. The van der Waals surface area contributed by atoms with Crippen LogP contribution in [-0.4, -0.2) is 18.7 Å². The number of aryl methyl sites for hydroxylation is 1. The molecule has 0 radical (unpaired) electrons. The van der Waals surface area contributed by atoms with Crippen molar-refractivity contribution in [2.24, 2.45) is 11.3 Å². The fourth-order valence-corrected chi connectivity index (χ4v) is 3.02. The molecule has 118 valence electrons. The number of ether oxygens (including phenoxy) is 1. The SMILES string of the molecule is Cc1ccc2c(c1)CC(CC(CNC(C)C)C(C)(C)C)O2. The van der Waals surface area contributed by atoms with E-state index in [2.05, 4.69) is 65.1 Å². The van der Waals surface area contributed by atoms with Crippen LogP contribution in [0.25, 0.3) is 0 Å². The molecule has 2 heteroatoms. The van der Waals surface area contributed by atoms with Crippen molar-refractivity contribution in [3.05, 3.63) is 29.3 Å². The second-order valence-electron chi connectivity index (χ2n) is 7.92. The Morgan fingerprint density at radius 2 is 2.00 bits per heavy atom. The Morgan fingerprint density at radius 1 is 1.29 bits per heavy atom. The smallest absolute Gasteiger partial charge is 0.123 e. The molecule has 1 aromatic rings. The second-order valence-corrected chi connectivity index (χ2v) is 7.92. The number of nitrogens with one attached hydrogen (secondary N) is 1. The van der Waals surface area contributed by atoms with Gasteiger partial charge in [0.2, 0.25) is 0 Å². The third-order valence-corrected chi connectivity index (χ3v) is 4.50. The Bertz CT molecular complexity index is 473. The van der Waals surface area contributed by atoms with Crippen molar-refractivity contribution in [2.45, 2.75) is 66.5 Å². The van der Waals surface area contributed by atoms with Gasteiger partial charge in [-0.15, -0.1) is 0 Å². The van der Waals surface area contributed by atoms with Gasteiger partial charge in [-0.1, -0.05) is 52.3 Å². The summed E-state index contributed by atoms with van der Waals surface area (Å²) in [6.45, 7) is 14.7. The average Bonchev–Trinajstić information content (AvgIpc) is 2.74. The van der Waals surface area contributed by atoms with Gasteiger partial charge in [0.25, 0.3) is 0 Å². The van der Waals surface area contributed by atoms with Crippen LogP contribution in [0.15, 0.2) is 18.2 Å². The van der Waals surface area contributed by atoms with E-state index in [0.717, 1.165) is 25.1 Å². The maximum absolute atomic E-state index is 6.17. The van der Waals surface area contributed by atoms with Gasteiger partial charge in [0.15, 0.2) is 0 Å². The minimum absolute atomic E-state index is 0.302. The lowest BCUT2D eigenvalue weighted by Crippen LogP contribution is -2.37. The largest absolute Gasteiger partial charge is 0.490 e. The molecule has 1 heterocycles. The first kappa shape index (κ1) is 16.4. The van der Waals surface area contributed by atoms with Crippen molar-refractivity contribution >= 4 is 0 Å². The lowest BCUT2D eigenvalue weighted by atomic mass is 9.77. The van der Waals surface area contributed by atoms with E-state index >= 15 is 0 Å². The molecule has 2 atom stereocenters. The zero-order chi connectivity index (χ0) is 15.6. The predicted molar refractivity (Wildman–Crippen MR) is 90.0 cm³/mol. The molecule has 0 saturated heterocycles. The fraction of sp³-hybridized carbons (Fsp3) is 0.684. The van der Waals surface area contributed by atoms with Crippen LogP contribution < -0.4 is 10.1 Å². The van der Waals surface area contributed by atoms with Crippen LogP contribution in [0.1, 0.15) is 52.2 Å². The summed E-state index contributed by atoms with van der Waals surface area (Å²) in [6, 6.07) is 7.08. The summed E-state index contributed by atoms with van der Waals surface area (Å²) in [7, 11) is 0. The van der Waals surface area contributed by atoms with E-state index in [-0.39, 0.29) is 0 Å². The van der Waals surface area contributed by atoms with Crippen molar-refractivity contribution in [1.82, 2.24) is 5.32 Å². The van der Waals surface area contributed by atoms with Gasteiger partial charge in [0.1, 0.15) is 11.9 Å². The van der Waals surface area contributed by atoms with E-state index in [1.54, 1.807) is 0 Å². The van der Waals surface area contributed by atoms with Gasteiger partial charge in [-0.2, -0.15) is 0 Å². The number of rotatable bonds is 5. The first-order valence-electron chi connectivity index (χ1n) is 8.25. The highest BCUT2D eigenvalue weighted by Crippen LogP contribution is 2.36. The lowest BCUT2D eigenvalue weighted by Gasteiger charge is -2.33. The molecular weight excluding hydrogens is 258 g/mol. The first-order chi connectivity index (χ1) is 9.75. The molecule has 0 amide bonds. The number of benzene rings is 1. The lowest BCUT2D eigenvalue weighted by molar-refractivity contribution is 0.132. The maximum atomic E-state index is 6.17. The average molecular weight is 289 g/mol. The van der Waals surface area contributed by atoms with Gasteiger partial charge in [0, 0.05) is 12.5 Å². The Morgan fingerprint density at radius 3 is 2.62 bits per heavy atom. The summed E-state index contributed by atoms with van der Waals surface area (Å²) in [4.78, 5) is 0. The summed E-state index contributed by atoms with van der Waals surface area (Å²) >= 11 is 0. The third-order valence-electron chi connectivity index (χ3n) is 4.50. The standard InChI is InChI=1S/C19H31NO/c1-13(2)20-12-16(19(4,5)6)11-17-10-15-9-14(3)7-8-18(15)21-17/h7-9,13,16-17,20H,10-12H2,1-6H3. The summed E-state index contributed by atoms with van der Waals surface area (Å²) in [6.07, 6.45) is 2.52. The molecule has 0 fully saturated rings. The Labute approximate surface area is 130 Å². The zero-order valence-electron chi connectivity index (χ0n) is 14.5. The molecule has 1 aliphatic rings. The van der Waals surface area contributed by atoms with Crippen LogP contribution in [0.3, 0.4) is 0 Å². The number of hydrogen-bond donors (Lipinski definition) is 1. The van der Waals surface area contributed by atoms with Crippen LogP contribution in [-0.2, 0) is 6.42 Å². The Kier molecular flexibility index (Phi) is 4.98. The molecule has 1 aromatic carbocycles. The van der Waals surface area contributed by atoms with Crippen LogP contribution in [0.5, 0.6) is 5.75 Å². The highest BCUT2D eigenvalue weighted by atomic mass is 16.5. The minimum Gasteiger partial charge on any atom is -0.490 e. The Balaban J connectivity index is 1.99. The van der Waals surface area contributed by atoms with E-state index in [9.17, 15) is 0 Å². The number of fused-ring (bicyclic) bond motifs is 1.